The van der Waals surface area contributed by atoms with Crippen molar-refractivity contribution in [1.82, 2.24) is 0 Å². The third-order valence-electron chi connectivity index (χ3n) is 2.04. The van der Waals surface area contributed by atoms with E-state index in [4.69, 9.17) is 4.84 Å². The molecule has 0 unspecified atom stereocenters. The highest BCUT2D eigenvalue weighted by atomic mass is 16.6. The number of nitrogens with zero attached hydrogens (tertiary/aromatic N) is 1. The van der Waals surface area contributed by atoms with Crippen LogP contribution in [0.4, 0.5) is 0 Å². The van der Waals surface area contributed by atoms with Crippen LogP contribution in [-0.4, -0.2) is 12.8 Å². The first-order chi connectivity index (χ1) is 5.43. The second kappa shape index (κ2) is 5.16. The van der Waals surface area contributed by atoms with Crippen molar-refractivity contribution in [2.24, 2.45) is 11.1 Å². The van der Waals surface area contributed by atoms with Crippen molar-refractivity contribution in [1.29, 1.82) is 0 Å². The molecule has 1 aliphatic rings. The predicted octanol–water partition coefficient (Wildman–Crippen LogP) is 2.59. The Labute approximate surface area is 68.6 Å². The molecule has 1 fully saturated rings. The normalized spacial score (nSPS) is 19.7. The molecule has 64 valence electrons. The minimum Gasteiger partial charge on any atom is -0.396 e. The molecule has 2 nitrogen and oxygen atoms in total. The first-order valence-corrected chi connectivity index (χ1v) is 4.59. The van der Waals surface area contributed by atoms with Gasteiger partial charge in [0.05, 0.1) is 0 Å². The van der Waals surface area contributed by atoms with Crippen LogP contribution in [0.3, 0.4) is 0 Å². The average Bonchev–Trinajstić information content (AvgIpc) is 2.50. The summed E-state index contributed by atoms with van der Waals surface area (Å²) in [6, 6.07) is 0. The van der Waals surface area contributed by atoms with E-state index in [1.807, 2.05) is 6.21 Å². The van der Waals surface area contributed by atoms with E-state index in [0.717, 1.165) is 13.0 Å². The molecular formula is C9H17NO. The zero-order valence-corrected chi connectivity index (χ0v) is 7.25. The molecule has 0 amide bonds. The van der Waals surface area contributed by atoms with E-state index < -0.39 is 0 Å². The van der Waals surface area contributed by atoms with Crippen LogP contribution in [0.1, 0.15) is 39.0 Å². The molecule has 0 saturated heterocycles. The van der Waals surface area contributed by atoms with Crippen molar-refractivity contribution < 1.29 is 4.84 Å². The Balaban J connectivity index is 2.03. The highest BCUT2D eigenvalue weighted by molar-refractivity contribution is 5.60. The van der Waals surface area contributed by atoms with E-state index in [1.54, 1.807) is 0 Å². The minimum absolute atomic E-state index is 0.701. The maximum atomic E-state index is 5.01. The van der Waals surface area contributed by atoms with Gasteiger partial charge in [0.25, 0.3) is 0 Å². The highest BCUT2D eigenvalue weighted by Gasteiger charge is 2.11. The quantitative estimate of drug-likeness (QED) is 0.347. The first kappa shape index (κ1) is 8.57. The summed E-state index contributed by atoms with van der Waals surface area (Å²) in [4.78, 5) is 5.01. The lowest BCUT2D eigenvalue weighted by molar-refractivity contribution is 0.145. The molecule has 2 heteroatoms. The molecule has 0 N–H and O–H groups in total. The molecule has 0 aliphatic heterocycles. The van der Waals surface area contributed by atoms with Crippen LogP contribution in [0.5, 0.6) is 0 Å². The fourth-order valence-corrected chi connectivity index (χ4v) is 1.38. The summed E-state index contributed by atoms with van der Waals surface area (Å²) in [7, 11) is 0. The van der Waals surface area contributed by atoms with Crippen molar-refractivity contribution in [2.45, 2.75) is 39.0 Å². The van der Waals surface area contributed by atoms with Crippen LogP contribution >= 0.6 is 0 Å². The van der Waals surface area contributed by atoms with Crippen LogP contribution in [0.25, 0.3) is 0 Å². The van der Waals surface area contributed by atoms with Gasteiger partial charge in [0.15, 0.2) is 0 Å². The maximum absolute atomic E-state index is 5.01. The van der Waals surface area contributed by atoms with Gasteiger partial charge < -0.3 is 4.84 Å². The molecule has 0 bridgehead atoms. The van der Waals surface area contributed by atoms with Gasteiger partial charge in [-0.15, -0.1) is 0 Å². The van der Waals surface area contributed by atoms with Gasteiger partial charge in [-0.1, -0.05) is 24.9 Å². The standard InChI is InChI=1S/C9H17NO/c1-2-7-11-10-8-9-5-3-4-6-9/h8-9H,2-7H2,1H3. The predicted molar refractivity (Wildman–Crippen MR) is 46.7 cm³/mol. The van der Waals surface area contributed by atoms with Gasteiger partial charge in [-0.3, -0.25) is 0 Å². The van der Waals surface area contributed by atoms with E-state index in [0.29, 0.717) is 5.92 Å². The fourth-order valence-electron chi connectivity index (χ4n) is 1.38. The molecule has 0 spiro atoms. The number of hydrogen-bond acceptors (Lipinski definition) is 2. The number of hydrogen-bond donors (Lipinski definition) is 0. The second-order valence-corrected chi connectivity index (χ2v) is 3.13. The van der Waals surface area contributed by atoms with Crippen LogP contribution in [0.2, 0.25) is 0 Å². The summed E-state index contributed by atoms with van der Waals surface area (Å²) >= 11 is 0. The van der Waals surface area contributed by atoms with Crippen LogP contribution in [0, 0.1) is 5.92 Å². The summed E-state index contributed by atoms with van der Waals surface area (Å²) < 4.78 is 0. The van der Waals surface area contributed by atoms with E-state index in [-0.39, 0.29) is 0 Å². The van der Waals surface area contributed by atoms with Crippen molar-refractivity contribution in [3.63, 3.8) is 0 Å². The van der Waals surface area contributed by atoms with E-state index >= 15 is 0 Å². The topological polar surface area (TPSA) is 21.6 Å². The van der Waals surface area contributed by atoms with Crippen molar-refractivity contribution in [2.75, 3.05) is 6.61 Å². The molecule has 0 radical (unpaired) electrons. The summed E-state index contributed by atoms with van der Waals surface area (Å²) in [6.07, 6.45) is 8.36. The van der Waals surface area contributed by atoms with Crippen LogP contribution < -0.4 is 0 Å². The van der Waals surface area contributed by atoms with Gasteiger partial charge >= 0.3 is 0 Å². The summed E-state index contributed by atoms with van der Waals surface area (Å²) in [5, 5.41) is 3.92. The average molecular weight is 155 g/mol. The fraction of sp³-hybridized carbons (Fsp3) is 0.889. The SMILES string of the molecule is CCCON=CC1CCCC1. The minimum atomic E-state index is 0.701. The second-order valence-electron chi connectivity index (χ2n) is 3.13. The molecule has 1 rings (SSSR count). The molecule has 11 heavy (non-hydrogen) atoms. The molecule has 1 saturated carbocycles. The smallest absolute Gasteiger partial charge is 0.116 e. The Morgan fingerprint density at radius 3 is 2.82 bits per heavy atom. The van der Waals surface area contributed by atoms with E-state index in [9.17, 15) is 0 Å². The van der Waals surface area contributed by atoms with Gasteiger partial charge in [0, 0.05) is 6.21 Å². The van der Waals surface area contributed by atoms with Crippen molar-refractivity contribution in [3.05, 3.63) is 0 Å². The molecule has 0 atom stereocenters. The zero-order chi connectivity index (χ0) is 7.94. The molecule has 0 aromatic rings. The van der Waals surface area contributed by atoms with Crippen molar-refractivity contribution >= 4 is 6.21 Å². The summed E-state index contributed by atoms with van der Waals surface area (Å²) in [6.45, 7) is 2.84. The Kier molecular flexibility index (Phi) is 4.02. The Morgan fingerprint density at radius 1 is 1.45 bits per heavy atom. The molecule has 0 heterocycles. The molecular weight excluding hydrogens is 138 g/mol. The molecule has 0 aromatic heterocycles. The Bertz CT molecular complexity index is 117. The molecule has 0 aromatic carbocycles. The van der Waals surface area contributed by atoms with Gasteiger partial charge in [-0.25, -0.2) is 0 Å². The van der Waals surface area contributed by atoms with Gasteiger partial charge in [0.2, 0.25) is 0 Å². The molecule has 1 aliphatic carbocycles. The van der Waals surface area contributed by atoms with Gasteiger partial charge in [-0.05, 0) is 25.2 Å². The summed E-state index contributed by atoms with van der Waals surface area (Å²) in [5.74, 6) is 0.701. The van der Waals surface area contributed by atoms with Crippen LogP contribution in [0.15, 0.2) is 5.16 Å². The summed E-state index contributed by atoms with van der Waals surface area (Å²) in [5.41, 5.74) is 0. The first-order valence-electron chi connectivity index (χ1n) is 4.59. The van der Waals surface area contributed by atoms with Crippen molar-refractivity contribution in [3.8, 4) is 0 Å². The lowest BCUT2D eigenvalue weighted by Gasteiger charge is -1.98. The zero-order valence-electron chi connectivity index (χ0n) is 7.25. The lowest BCUT2D eigenvalue weighted by atomic mass is 10.1. The van der Waals surface area contributed by atoms with E-state index in [2.05, 4.69) is 12.1 Å². The van der Waals surface area contributed by atoms with Crippen LogP contribution in [-0.2, 0) is 4.84 Å². The lowest BCUT2D eigenvalue weighted by Crippen LogP contribution is -1.95. The third kappa shape index (κ3) is 3.40. The van der Waals surface area contributed by atoms with Gasteiger partial charge in [-0.2, -0.15) is 0 Å². The number of rotatable bonds is 4. The largest absolute Gasteiger partial charge is 0.396 e. The Morgan fingerprint density at radius 2 is 2.18 bits per heavy atom. The van der Waals surface area contributed by atoms with Gasteiger partial charge in [0.1, 0.15) is 6.61 Å². The highest BCUT2D eigenvalue weighted by Crippen LogP contribution is 2.22. The number of oxime groups is 1. The monoisotopic (exact) mass is 155 g/mol. The third-order valence-corrected chi connectivity index (χ3v) is 2.04. The van der Waals surface area contributed by atoms with E-state index in [1.165, 1.54) is 25.7 Å². The maximum Gasteiger partial charge on any atom is 0.116 e. The Hall–Kier alpha value is -0.530.